The molecule has 0 radical (unpaired) electrons. The number of hydrogen-bond donors (Lipinski definition) is 2. The molecule has 0 saturated carbocycles. The second-order valence-electron chi connectivity index (χ2n) is 5.42. The molecule has 0 atom stereocenters. The Morgan fingerprint density at radius 1 is 1.33 bits per heavy atom. The molecule has 0 aliphatic heterocycles. The van der Waals surface area contributed by atoms with E-state index in [1.807, 2.05) is 42.6 Å². The van der Waals surface area contributed by atoms with Crippen LogP contribution in [0.15, 0.2) is 46.3 Å². The Morgan fingerprint density at radius 3 is 3.08 bits per heavy atom. The highest BCUT2D eigenvalue weighted by molar-refractivity contribution is 7.13. The maximum Gasteiger partial charge on any atom is 0.230 e. The fourth-order valence-electron chi connectivity index (χ4n) is 2.48. The number of fused-ring (bicyclic) bond motifs is 1. The SMILES string of the molecule is Cc1ccc(-c2nc(CC(=O)Nc3cccc4cn[nH]c34)cs2)o1. The van der Waals surface area contributed by atoms with Crippen LogP contribution in [0.3, 0.4) is 0 Å². The first kappa shape index (κ1) is 14.6. The average molecular weight is 338 g/mol. The summed E-state index contributed by atoms with van der Waals surface area (Å²) in [5.41, 5.74) is 2.25. The molecule has 120 valence electrons. The van der Waals surface area contributed by atoms with Crippen LogP contribution in [0.4, 0.5) is 5.69 Å². The topological polar surface area (TPSA) is 83.8 Å². The largest absolute Gasteiger partial charge is 0.459 e. The molecule has 4 aromatic rings. The van der Waals surface area contributed by atoms with Crippen molar-refractivity contribution in [1.29, 1.82) is 0 Å². The molecule has 3 heterocycles. The van der Waals surface area contributed by atoms with E-state index in [-0.39, 0.29) is 12.3 Å². The number of hydrogen-bond acceptors (Lipinski definition) is 5. The van der Waals surface area contributed by atoms with Crippen LogP contribution in [-0.4, -0.2) is 21.1 Å². The van der Waals surface area contributed by atoms with Crippen LogP contribution in [-0.2, 0) is 11.2 Å². The first-order valence-electron chi connectivity index (χ1n) is 7.42. The van der Waals surface area contributed by atoms with E-state index in [0.717, 1.165) is 33.1 Å². The third-order valence-corrected chi connectivity index (χ3v) is 4.50. The van der Waals surface area contributed by atoms with Crippen molar-refractivity contribution >= 4 is 33.8 Å². The third kappa shape index (κ3) is 2.81. The van der Waals surface area contributed by atoms with Gasteiger partial charge in [-0.1, -0.05) is 12.1 Å². The van der Waals surface area contributed by atoms with Gasteiger partial charge in [0.05, 0.1) is 29.5 Å². The second kappa shape index (κ2) is 5.93. The van der Waals surface area contributed by atoms with E-state index >= 15 is 0 Å². The van der Waals surface area contributed by atoms with Crippen LogP contribution in [0.5, 0.6) is 0 Å². The molecule has 0 aliphatic rings. The molecule has 0 aliphatic carbocycles. The van der Waals surface area contributed by atoms with Gasteiger partial charge >= 0.3 is 0 Å². The number of benzene rings is 1. The zero-order valence-electron chi connectivity index (χ0n) is 12.9. The summed E-state index contributed by atoms with van der Waals surface area (Å²) in [5.74, 6) is 1.45. The zero-order chi connectivity index (χ0) is 16.5. The number of H-pyrrole nitrogens is 1. The van der Waals surface area contributed by atoms with Crippen molar-refractivity contribution in [3.63, 3.8) is 0 Å². The van der Waals surface area contributed by atoms with Gasteiger partial charge in [-0.2, -0.15) is 5.10 Å². The number of para-hydroxylation sites is 1. The molecule has 3 aromatic heterocycles. The Bertz CT molecular complexity index is 1010. The Balaban J connectivity index is 1.48. The van der Waals surface area contributed by atoms with Gasteiger partial charge in [-0.25, -0.2) is 4.98 Å². The molecule has 2 N–H and O–H groups in total. The van der Waals surface area contributed by atoms with Crippen LogP contribution in [0.1, 0.15) is 11.5 Å². The van der Waals surface area contributed by atoms with Crippen molar-refractivity contribution in [3.8, 4) is 10.8 Å². The lowest BCUT2D eigenvalue weighted by Gasteiger charge is -2.05. The number of amides is 1. The number of aromatic nitrogens is 3. The van der Waals surface area contributed by atoms with E-state index in [2.05, 4.69) is 20.5 Å². The number of nitrogens with one attached hydrogen (secondary N) is 2. The number of aromatic amines is 1. The summed E-state index contributed by atoms with van der Waals surface area (Å²) in [4.78, 5) is 16.8. The van der Waals surface area contributed by atoms with Crippen LogP contribution in [0.25, 0.3) is 21.7 Å². The Kier molecular flexibility index (Phi) is 3.62. The van der Waals surface area contributed by atoms with E-state index in [4.69, 9.17) is 4.42 Å². The fraction of sp³-hybridized carbons (Fsp3) is 0.118. The monoisotopic (exact) mass is 338 g/mol. The minimum Gasteiger partial charge on any atom is -0.459 e. The highest BCUT2D eigenvalue weighted by atomic mass is 32.1. The van der Waals surface area contributed by atoms with Gasteiger partial charge in [0.25, 0.3) is 0 Å². The lowest BCUT2D eigenvalue weighted by molar-refractivity contribution is -0.115. The number of rotatable bonds is 4. The molecule has 4 rings (SSSR count). The van der Waals surface area contributed by atoms with Crippen LogP contribution >= 0.6 is 11.3 Å². The first-order valence-corrected chi connectivity index (χ1v) is 8.30. The molecule has 0 unspecified atom stereocenters. The van der Waals surface area contributed by atoms with Crippen molar-refractivity contribution in [1.82, 2.24) is 15.2 Å². The van der Waals surface area contributed by atoms with E-state index in [1.54, 1.807) is 6.20 Å². The Labute approximate surface area is 141 Å². The van der Waals surface area contributed by atoms with Gasteiger partial charge in [0.15, 0.2) is 10.8 Å². The molecule has 1 aromatic carbocycles. The van der Waals surface area contributed by atoms with E-state index in [9.17, 15) is 4.79 Å². The fourth-order valence-corrected chi connectivity index (χ4v) is 3.26. The first-order chi connectivity index (χ1) is 11.7. The Morgan fingerprint density at radius 2 is 2.25 bits per heavy atom. The summed E-state index contributed by atoms with van der Waals surface area (Å²) >= 11 is 1.47. The van der Waals surface area contributed by atoms with Gasteiger partial charge in [0.2, 0.25) is 5.91 Å². The number of carbonyl (C=O) groups is 1. The Hall–Kier alpha value is -2.93. The van der Waals surface area contributed by atoms with Crippen molar-refractivity contribution < 1.29 is 9.21 Å². The minimum atomic E-state index is -0.121. The van der Waals surface area contributed by atoms with Gasteiger partial charge in [0.1, 0.15) is 5.76 Å². The predicted octanol–water partition coefficient (Wildman–Crippen LogP) is 3.77. The molecule has 0 fully saturated rings. The number of thiazole rings is 1. The van der Waals surface area contributed by atoms with Gasteiger partial charge in [-0.05, 0) is 25.1 Å². The predicted molar refractivity (Wildman–Crippen MR) is 93.0 cm³/mol. The minimum absolute atomic E-state index is 0.121. The quantitative estimate of drug-likeness (QED) is 0.593. The summed E-state index contributed by atoms with van der Waals surface area (Å²) in [5, 5.41) is 13.4. The number of aryl methyl sites for hydroxylation is 1. The summed E-state index contributed by atoms with van der Waals surface area (Å²) < 4.78 is 5.56. The molecule has 7 heteroatoms. The summed E-state index contributed by atoms with van der Waals surface area (Å²) in [6.45, 7) is 1.89. The van der Waals surface area contributed by atoms with Gasteiger partial charge < -0.3 is 9.73 Å². The van der Waals surface area contributed by atoms with Crippen molar-refractivity contribution in [3.05, 3.63) is 53.4 Å². The van der Waals surface area contributed by atoms with Gasteiger partial charge in [0, 0.05) is 10.8 Å². The van der Waals surface area contributed by atoms with Crippen molar-refractivity contribution in [2.24, 2.45) is 0 Å². The van der Waals surface area contributed by atoms with Crippen LogP contribution < -0.4 is 5.32 Å². The van der Waals surface area contributed by atoms with Crippen LogP contribution in [0.2, 0.25) is 0 Å². The number of anilines is 1. The summed E-state index contributed by atoms with van der Waals surface area (Å²) in [6, 6.07) is 9.45. The molecule has 6 nitrogen and oxygen atoms in total. The van der Waals surface area contributed by atoms with E-state index in [1.165, 1.54) is 11.3 Å². The second-order valence-corrected chi connectivity index (χ2v) is 6.28. The molecular formula is C17H14N4O2S. The number of carbonyl (C=O) groups excluding carboxylic acids is 1. The van der Waals surface area contributed by atoms with E-state index < -0.39 is 0 Å². The molecule has 0 saturated heterocycles. The standard InChI is InChI=1S/C17H14N4O2S/c1-10-5-6-14(23-10)17-19-12(9-24-17)7-15(22)20-13-4-2-3-11-8-18-21-16(11)13/h2-6,8-9H,7H2,1H3,(H,18,21)(H,20,22). The van der Waals surface area contributed by atoms with Gasteiger partial charge in [-0.15, -0.1) is 11.3 Å². The maximum absolute atomic E-state index is 12.3. The zero-order valence-corrected chi connectivity index (χ0v) is 13.7. The highest BCUT2D eigenvalue weighted by Gasteiger charge is 2.12. The van der Waals surface area contributed by atoms with Crippen molar-refractivity contribution in [2.45, 2.75) is 13.3 Å². The molecule has 1 amide bonds. The van der Waals surface area contributed by atoms with Crippen LogP contribution in [0, 0.1) is 6.92 Å². The molecule has 24 heavy (non-hydrogen) atoms. The normalized spacial score (nSPS) is 11.0. The lowest BCUT2D eigenvalue weighted by atomic mass is 10.2. The molecular weight excluding hydrogens is 324 g/mol. The number of furan rings is 1. The summed E-state index contributed by atoms with van der Waals surface area (Å²) in [6.07, 6.45) is 1.93. The van der Waals surface area contributed by atoms with Crippen molar-refractivity contribution in [2.75, 3.05) is 5.32 Å². The average Bonchev–Trinajstić information content (AvgIpc) is 3.27. The maximum atomic E-state index is 12.3. The summed E-state index contributed by atoms with van der Waals surface area (Å²) in [7, 11) is 0. The molecule has 0 bridgehead atoms. The van der Waals surface area contributed by atoms with E-state index in [0.29, 0.717) is 5.69 Å². The van der Waals surface area contributed by atoms with Gasteiger partial charge in [-0.3, -0.25) is 9.89 Å². The third-order valence-electron chi connectivity index (χ3n) is 3.60. The lowest BCUT2D eigenvalue weighted by Crippen LogP contribution is -2.14. The smallest absolute Gasteiger partial charge is 0.230 e. The molecule has 0 spiro atoms. The highest BCUT2D eigenvalue weighted by Crippen LogP contribution is 2.26. The number of nitrogens with zero attached hydrogens (tertiary/aromatic N) is 2.